The van der Waals surface area contributed by atoms with Gasteiger partial charge < -0.3 is 10.5 Å². The molecule has 21 heavy (non-hydrogen) atoms. The second kappa shape index (κ2) is 6.87. The fraction of sp³-hybridized carbons (Fsp3) is 0.250. The number of hydrogen-bond donors (Lipinski definition) is 1. The van der Waals surface area contributed by atoms with E-state index in [2.05, 4.69) is 0 Å². The maximum Gasteiger partial charge on any atom is 0.142 e. The largest absolute Gasteiger partial charge is 0.489 e. The molecule has 0 saturated heterocycles. The molecule has 0 aromatic heterocycles. The summed E-state index contributed by atoms with van der Waals surface area (Å²) < 4.78 is 32.3. The molecule has 1 unspecified atom stereocenters. The van der Waals surface area contributed by atoms with Crippen LogP contribution in [0.2, 0.25) is 5.02 Å². The monoisotopic (exact) mass is 311 g/mol. The number of hydrogen-bond acceptors (Lipinski definition) is 2. The lowest BCUT2D eigenvalue weighted by Crippen LogP contribution is -2.17. The fourth-order valence-electron chi connectivity index (χ4n) is 1.99. The van der Waals surface area contributed by atoms with Crippen molar-refractivity contribution in [2.45, 2.75) is 26.0 Å². The van der Waals surface area contributed by atoms with Gasteiger partial charge in [-0.15, -0.1) is 0 Å². The third kappa shape index (κ3) is 4.69. The zero-order chi connectivity index (χ0) is 15.4. The Morgan fingerprint density at radius 2 is 1.90 bits per heavy atom. The smallest absolute Gasteiger partial charge is 0.142 e. The van der Waals surface area contributed by atoms with E-state index < -0.39 is 5.82 Å². The first kappa shape index (κ1) is 15.7. The Kier molecular flexibility index (Phi) is 5.15. The summed E-state index contributed by atoms with van der Waals surface area (Å²) in [5.74, 6) is -0.499. The molecule has 2 N–H and O–H groups in total. The van der Waals surface area contributed by atoms with E-state index in [-0.39, 0.29) is 23.5 Å². The Morgan fingerprint density at radius 1 is 1.14 bits per heavy atom. The van der Waals surface area contributed by atoms with Crippen LogP contribution in [0.4, 0.5) is 8.78 Å². The predicted octanol–water partition coefficient (Wildman–Crippen LogP) is 4.09. The van der Waals surface area contributed by atoms with E-state index >= 15 is 0 Å². The van der Waals surface area contributed by atoms with Gasteiger partial charge in [-0.1, -0.05) is 17.7 Å². The molecule has 2 aromatic rings. The fourth-order valence-corrected chi connectivity index (χ4v) is 2.11. The van der Waals surface area contributed by atoms with Crippen molar-refractivity contribution in [1.82, 2.24) is 0 Å². The number of nitrogens with two attached hydrogens (primary N) is 1. The summed E-state index contributed by atoms with van der Waals surface area (Å²) in [6.07, 6.45) is 0.559. The summed E-state index contributed by atoms with van der Waals surface area (Å²) in [6.45, 7) is 1.98. The average Bonchev–Trinajstić information content (AvgIpc) is 2.39. The Labute approximate surface area is 127 Å². The van der Waals surface area contributed by atoms with Crippen molar-refractivity contribution in [1.29, 1.82) is 0 Å². The standard InChI is InChI=1S/C16H16ClF2NO/c1-10(20)4-12-5-13(18)8-14(6-12)21-9-11-2-3-15(17)16(19)7-11/h2-3,5-8,10H,4,9,20H2,1H3. The molecule has 2 nitrogen and oxygen atoms in total. The van der Waals surface area contributed by atoms with Crippen LogP contribution in [0.3, 0.4) is 0 Å². The molecule has 0 heterocycles. The molecule has 0 bridgehead atoms. The number of ether oxygens (including phenoxy) is 1. The lowest BCUT2D eigenvalue weighted by Gasteiger charge is -2.10. The summed E-state index contributed by atoms with van der Waals surface area (Å²) in [4.78, 5) is 0. The van der Waals surface area contributed by atoms with Gasteiger partial charge in [0.05, 0.1) is 5.02 Å². The third-order valence-corrected chi connectivity index (χ3v) is 3.18. The van der Waals surface area contributed by atoms with Gasteiger partial charge in [0.2, 0.25) is 0 Å². The van der Waals surface area contributed by atoms with Crippen LogP contribution in [0.5, 0.6) is 5.75 Å². The van der Waals surface area contributed by atoms with Crippen LogP contribution in [0.25, 0.3) is 0 Å². The lowest BCUT2D eigenvalue weighted by atomic mass is 10.1. The van der Waals surface area contributed by atoms with E-state index in [9.17, 15) is 8.78 Å². The molecule has 0 spiro atoms. The van der Waals surface area contributed by atoms with Crippen LogP contribution in [0, 0.1) is 11.6 Å². The van der Waals surface area contributed by atoms with Crippen LogP contribution in [-0.2, 0) is 13.0 Å². The number of halogens is 3. The average molecular weight is 312 g/mol. The highest BCUT2D eigenvalue weighted by molar-refractivity contribution is 6.30. The lowest BCUT2D eigenvalue weighted by molar-refractivity contribution is 0.303. The molecule has 0 aliphatic carbocycles. The maximum absolute atomic E-state index is 13.5. The van der Waals surface area contributed by atoms with Crippen LogP contribution in [-0.4, -0.2) is 6.04 Å². The molecule has 0 radical (unpaired) electrons. The van der Waals surface area contributed by atoms with Gasteiger partial charge in [0.1, 0.15) is 24.0 Å². The van der Waals surface area contributed by atoms with Gasteiger partial charge in [0.25, 0.3) is 0 Å². The summed E-state index contributed by atoms with van der Waals surface area (Å²) in [5, 5.41) is 0.0590. The van der Waals surface area contributed by atoms with Gasteiger partial charge in [-0.3, -0.25) is 0 Å². The number of rotatable bonds is 5. The molecule has 1 atom stereocenters. The molecule has 112 valence electrons. The van der Waals surface area contributed by atoms with Gasteiger partial charge in [0.15, 0.2) is 0 Å². The highest BCUT2D eigenvalue weighted by Gasteiger charge is 2.06. The minimum absolute atomic E-state index is 0.0590. The topological polar surface area (TPSA) is 35.2 Å². The van der Waals surface area contributed by atoms with Gasteiger partial charge in [-0.05, 0) is 48.7 Å². The summed E-state index contributed by atoms with van der Waals surface area (Å²) in [7, 11) is 0. The molecule has 0 saturated carbocycles. The normalized spacial score (nSPS) is 12.2. The van der Waals surface area contributed by atoms with E-state index in [0.717, 1.165) is 5.56 Å². The molecular weight excluding hydrogens is 296 g/mol. The van der Waals surface area contributed by atoms with Crippen molar-refractivity contribution in [3.05, 3.63) is 64.2 Å². The minimum Gasteiger partial charge on any atom is -0.489 e. The first-order chi connectivity index (χ1) is 9.94. The maximum atomic E-state index is 13.5. The van der Waals surface area contributed by atoms with Gasteiger partial charge in [-0.2, -0.15) is 0 Å². The zero-order valence-corrected chi connectivity index (χ0v) is 12.3. The van der Waals surface area contributed by atoms with E-state index in [4.69, 9.17) is 22.1 Å². The van der Waals surface area contributed by atoms with Crippen LogP contribution >= 0.6 is 11.6 Å². The highest BCUT2D eigenvalue weighted by atomic mass is 35.5. The first-order valence-corrected chi connectivity index (χ1v) is 6.93. The summed E-state index contributed by atoms with van der Waals surface area (Å²) >= 11 is 5.61. The van der Waals surface area contributed by atoms with Gasteiger partial charge in [0, 0.05) is 12.1 Å². The van der Waals surface area contributed by atoms with Crippen LogP contribution < -0.4 is 10.5 Å². The second-order valence-electron chi connectivity index (χ2n) is 5.01. The third-order valence-electron chi connectivity index (χ3n) is 2.88. The van der Waals surface area contributed by atoms with Crippen molar-refractivity contribution in [3.8, 4) is 5.75 Å². The van der Waals surface area contributed by atoms with Crippen molar-refractivity contribution in [2.75, 3.05) is 0 Å². The molecule has 2 aromatic carbocycles. The van der Waals surface area contributed by atoms with E-state index in [1.807, 2.05) is 6.92 Å². The second-order valence-corrected chi connectivity index (χ2v) is 5.42. The molecular formula is C16H16ClF2NO. The zero-order valence-electron chi connectivity index (χ0n) is 11.6. The summed E-state index contributed by atoms with van der Waals surface area (Å²) in [6, 6.07) is 8.80. The van der Waals surface area contributed by atoms with E-state index in [1.54, 1.807) is 12.1 Å². The van der Waals surface area contributed by atoms with E-state index in [1.165, 1.54) is 24.3 Å². The van der Waals surface area contributed by atoms with E-state index in [0.29, 0.717) is 17.7 Å². The molecule has 0 fully saturated rings. The Balaban J connectivity index is 2.08. The van der Waals surface area contributed by atoms with Crippen molar-refractivity contribution >= 4 is 11.6 Å². The molecule has 5 heteroatoms. The Hall–Kier alpha value is -1.65. The molecule has 0 amide bonds. The van der Waals surface area contributed by atoms with Gasteiger partial charge >= 0.3 is 0 Å². The summed E-state index contributed by atoms with van der Waals surface area (Å²) in [5.41, 5.74) is 7.09. The quantitative estimate of drug-likeness (QED) is 0.902. The minimum atomic E-state index is -0.505. The molecule has 0 aliphatic heterocycles. The van der Waals surface area contributed by atoms with Crippen molar-refractivity contribution in [2.24, 2.45) is 5.73 Å². The van der Waals surface area contributed by atoms with Crippen LogP contribution in [0.1, 0.15) is 18.1 Å². The van der Waals surface area contributed by atoms with Crippen molar-refractivity contribution < 1.29 is 13.5 Å². The van der Waals surface area contributed by atoms with Crippen LogP contribution in [0.15, 0.2) is 36.4 Å². The Bertz CT molecular complexity index is 632. The molecule has 2 rings (SSSR count). The van der Waals surface area contributed by atoms with Crippen molar-refractivity contribution in [3.63, 3.8) is 0 Å². The highest BCUT2D eigenvalue weighted by Crippen LogP contribution is 2.20. The van der Waals surface area contributed by atoms with Gasteiger partial charge in [-0.25, -0.2) is 8.78 Å². The first-order valence-electron chi connectivity index (χ1n) is 6.56. The molecule has 0 aliphatic rings. The predicted molar refractivity (Wildman–Crippen MR) is 79.5 cm³/mol. The SMILES string of the molecule is CC(N)Cc1cc(F)cc(OCc2ccc(Cl)c(F)c2)c1. The number of benzene rings is 2. The Morgan fingerprint density at radius 3 is 2.57 bits per heavy atom.